The molecule has 18 rings (SSSR count). The maximum Gasteiger partial charge on any atom is 0.138 e. The fourth-order valence-corrected chi connectivity index (χ4v) is 27.5. The molecular formula is C98H119N11O10S8. The van der Waals surface area contributed by atoms with Crippen LogP contribution in [-0.2, 0) is 133 Å². The Morgan fingerprint density at radius 2 is 0.843 bits per heavy atom. The highest BCUT2D eigenvalue weighted by molar-refractivity contribution is 7.24. The Hall–Kier alpha value is -7.47. The van der Waals surface area contributed by atoms with Crippen molar-refractivity contribution in [2.75, 3.05) is 99.6 Å². The predicted octanol–water partition coefficient (Wildman–Crippen LogP) is 20.3. The van der Waals surface area contributed by atoms with Crippen LogP contribution in [-0.4, -0.2) is 158 Å². The molecule has 29 heteroatoms. The van der Waals surface area contributed by atoms with Gasteiger partial charge in [-0.05, 0) is 181 Å². The monoisotopic (exact) mass is 1870 g/mol. The molecule has 0 bridgehead atoms. The molecule has 13 aromatic rings. The summed E-state index contributed by atoms with van der Waals surface area (Å²) in [6.45, 7) is 16.2. The molecule has 5 aliphatic rings. The molecule has 21 nitrogen and oxygen atoms in total. The number of aliphatic hydroxyl groups excluding tert-OH is 1. The van der Waals surface area contributed by atoms with Gasteiger partial charge in [-0.15, -0.1) is 90.7 Å². The molecular weight excluding hydrogens is 1750 g/mol. The third-order valence-corrected chi connectivity index (χ3v) is 33.1. The van der Waals surface area contributed by atoms with Crippen molar-refractivity contribution in [1.82, 2.24) is 50.8 Å². The molecule has 0 unspecified atom stereocenters. The highest BCUT2D eigenvalue weighted by atomic mass is 32.1. The van der Waals surface area contributed by atoms with Gasteiger partial charge >= 0.3 is 0 Å². The van der Waals surface area contributed by atoms with E-state index in [4.69, 9.17) is 43.6 Å². The number of thiazole rings is 4. The summed E-state index contributed by atoms with van der Waals surface area (Å²) in [5.74, 6) is 1.29. The third kappa shape index (κ3) is 23.9. The van der Waals surface area contributed by atoms with Gasteiger partial charge in [0.1, 0.15) is 54.2 Å². The van der Waals surface area contributed by atoms with Crippen molar-refractivity contribution in [1.29, 1.82) is 0 Å². The number of fused-ring (bicyclic) bond motifs is 8. The van der Waals surface area contributed by atoms with Gasteiger partial charge in [0.25, 0.3) is 0 Å². The first kappa shape index (κ1) is 94.2. The molecule has 674 valence electrons. The van der Waals surface area contributed by atoms with E-state index in [9.17, 15) is 24.3 Å². The van der Waals surface area contributed by atoms with Gasteiger partial charge in [0.2, 0.25) is 0 Å². The zero-order chi connectivity index (χ0) is 88.0. The smallest absolute Gasteiger partial charge is 0.138 e. The maximum absolute atomic E-state index is 12.9. The van der Waals surface area contributed by atoms with E-state index in [1.165, 1.54) is 93.6 Å². The van der Waals surface area contributed by atoms with E-state index >= 15 is 0 Å². The van der Waals surface area contributed by atoms with Crippen LogP contribution in [0.3, 0.4) is 0 Å². The van der Waals surface area contributed by atoms with Crippen molar-refractivity contribution in [3.8, 4) is 48.0 Å². The largest absolute Gasteiger partial charge is 0.392 e. The molecule has 4 aromatic carbocycles. The van der Waals surface area contributed by atoms with Crippen molar-refractivity contribution < 1.29 is 48.0 Å². The summed E-state index contributed by atoms with van der Waals surface area (Å²) < 4.78 is 32.5. The number of imidazole rings is 1. The number of carbonyl (C=O) groups is 4. The van der Waals surface area contributed by atoms with E-state index in [-0.39, 0.29) is 6.61 Å². The van der Waals surface area contributed by atoms with Gasteiger partial charge < -0.3 is 59.9 Å². The molecule has 6 N–H and O–H groups in total. The highest BCUT2D eigenvalue weighted by Gasteiger charge is 2.32. The van der Waals surface area contributed by atoms with Crippen LogP contribution in [0.15, 0.2) is 85.3 Å². The van der Waals surface area contributed by atoms with Crippen LogP contribution >= 0.6 is 90.7 Å². The van der Waals surface area contributed by atoms with Crippen molar-refractivity contribution in [2.24, 2.45) is 0 Å². The van der Waals surface area contributed by atoms with Crippen LogP contribution < -0.4 is 26.6 Å². The number of ketones is 4. The van der Waals surface area contributed by atoms with E-state index in [0.717, 1.165) is 280 Å². The second kappa shape index (κ2) is 47.1. The van der Waals surface area contributed by atoms with Crippen LogP contribution in [0, 0.1) is 6.92 Å². The first-order valence-corrected chi connectivity index (χ1v) is 51.7. The van der Waals surface area contributed by atoms with Crippen LogP contribution in [0.5, 0.6) is 0 Å². The Kier molecular flexibility index (Phi) is 34.9. The number of hydrogen-bond donors (Lipinski definition) is 6. The minimum atomic E-state index is -0.0133. The quantitative estimate of drug-likeness (QED) is 0.0195. The Balaban J connectivity index is 0.000000131. The van der Waals surface area contributed by atoms with Crippen molar-refractivity contribution in [2.45, 2.75) is 213 Å². The first-order chi connectivity index (χ1) is 62.3. The van der Waals surface area contributed by atoms with Crippen molar-refractivity contribution in [3.05, 3.63) is 163 Å². The number of hydrogen-bond acceptors (Lipinski definition) is 28. The van der Waals surface area contributed by atoms with Crippen molar-refractivity contribution in [3.63, 3.8) is 0 Å². The summed E-state index contributed by atoms with van der Waals surface area (Å²) >= 11 is 14.1. The zero-order valence-corrected chi connectivity index (χ0v) is 80.5. The second-order valence-electron chi connectivity index (χ2n) is 33.2. The molecule has 127 heavy (non-hydrogen) atoms. The number of carbonyl (C=O) groups excluding carboxylic acids is 4. The average Bonchev–Trinajstić information content (AvgIpc) is 1.62. The topological polar surface area (TPSA) is 264 Å². The van der Waals surface area contributed by atoms with Gasteiger partial charge in [-0.2, -0.15) is 0 Å². The number of ether oxygens (including phenoxy) is 5. The van der Waals surface area contributed by atoms with Gasteiger partial charge in [0.15, 0.2) is 0 Å². The minimum Gasteiger partial charge on any atom is -0.392 e. The molecule has 0 radical (unpaired) electrons. The summed E-state index contributed by atoms with van der Waals surface area (Å²) in [5.41, 5.74) is 19.7. The van der Waals surface area contributed by atoms with E-state index in [1.54, 1.807) is 108 Å². The van der Waals surface area contributed by atoms with Crippen LogP contribution in [0.2, 0.25) is 0 Å². The fraction of sp³-hybridized carbons (Fsp3) is 0.480. The first-order valence-electron chi connectivity index (χ1n) is 45.2. The Morgan fingerprint density at radius 1 is 0.457 bits per heavy atom. The number of anilines is 1. The number of thiophene rings is 4. The second-order valence-corrected chi connectivity index (χ2v) is 42.0. The number of nitrogens with one attached hydrogen (secondary N) is 5. The molecule has 0 atom stereocenters. The Bertz CT molecular complexity index is 5710. The van der Waals surface area contributed by atoms with Gasteiger partial charge in [0, 0.05) is 205 Å². The van der Waals surface area contributed by atoms with E-state index < -0.39 is 0 Å². The van der Waals surface area contributed by atoms with Crippen molar-refractivity contribution >= 4 is 160 Å². The standard InChI is InChI=1S/C26H30N4O2S2.C25H31N3O3S2.C24H30N2O2S2.C23H28N2O3S2/c1-17-15-30(16-28-17)20-8-6-9-21-25(20)29-26(34-21)24-19-10-11-27-14-23(19)33-22(24)13-18(31)7-4-3-5-12-32-2;1-30-11-4-2-3-6-17(29)12-21-23(18-9-10-26-13-22(18)32-21)25-28-24-19(27-16-14-31-15-16)7-5-8-20(24)33-25;1-3-16-8-7-10-19-23(16)30-24(26-19)22-18-11-12-25-15-21(18)29-20(22)14-17(27)9-5-4-6-13-28-2;1-28-11-4-2-3-7-16(27)12-19-21(17-9-10-24-13-20(17)29-19)23-25-22-15(14-26)6-5-8-18(22)30-23/h6,8-9,15-16,27H,3-5,7,10-14H2,1-2H3;5,7-8,16,26-27H,2-4,6,9-15H2,1H3;7-8,10,25H,3-6,9,11-15H2,1-2H3;5-6,8,24,26H,2-4,7,9-14H2,1H3. The number of aliphatic hydroxyl groups is 1. The third-order valence-electron chi connectivity index (χ3n) is 23.9. The minimum absolute atomic E-state index is 0.0133. The summed E-state index contributed by atoms with van der Waals surface area (Å²) in [4.78, 5) is 86.0. The molecule has 0 amide bonds. The summed E-state index contributed by atoms with van der Waals surface area (Å²) in [6.07, 6.45) is 25.4. The summed E-state index contributed by atoms with van der Waals surface area (Å²) in [6, 6.07) is 25.4. The molecule has 1 fully saturated rings. The lowest BCUT2D eigenvalue weighted by Gasteiger charge is -2.27. The van der Waals surface area contributed by atoms with Gasteiger partial charge in [-0.25, -0.2) is 24.9 Å². The molecule has 0 aliphatic carbocycles. The number of para-hydroxylation sites is 3. The lowest BCUT2D eigenvalue weighted by Crippen LogP contribution is -2.40. The van der Waals surface area contributed by atoms with Gasteiger partial charge in [0.05, 0.1) is 79.1 Å². The predicted molar refractivity (Wildman–Crippen MR) is 525 cm³/mol. The van der Waals surface area contributed by atoms with Crippen LogP contribution in [0.4, 0.5) is 5.69 Å². The number of methoxy groups -OCH3 is 4. The summed E-state index contributed by atoms with van der Waals surface area (Å²) in [7, 11) is 6.89. The molecule has 5 aliphatic heterocycles. The molecule has 14 heterocycles. The Morgan fingerprint density at radius 3 is 1.24 bits per heavy atom. The Labute approximate surface area is 777 Å². The van der Waals surface area contributed by atoms with Crippen LogP contribution in [0.25, 0.3) is 88.8 Å². The normalized spacial score (nSPS) is 14.2. The highest BCUT2D eigenvalue weighted by Crippen LogP contribution is 2.48. The lowest BCUT2D eigenvalue weighted by atomic mass is 10.00. The van der Waals surface area contributed by atoms with Crippen LogP contribution in [0.1, 0.15) is 188 Å². The number of aryl methyl sites for hydroxylation is 2. The lowest BCUT2D eigenvalue weighted by molar-refractivity contribution is -0.119. The van der Waals surface area contributed by atoms with E-state index in [2.05, 4.69) is 99.2 Å². The number of Topliss-reactive ketones (excluding diaryl/α,β-unsaturated/α-hetero) is 4. The van der Waals surface area contributed by atoms with Gasteiger partial charge in [-0.3, -0.25) is 19.2 Å². The number of unbranched alkanes of at least 4 members (excludes halogenated alkanes) is 8. The zero-order valence-electron chi connectivity index (χ0n) is 74.0. The molecule has 0 spiro atoms. The van der Waals surface area contributed by atoms with E-state index in [1.807, 2.05) is 47.5 Å². The number of aromatic nitrogens is 6. The summed E-state index contributed by atoms with van der Waals surface area (Å²) in [5, 5.41) is 31.3. The maximum atomic E-state index is 12.9. The number of rotatable bonds is 41. The molecule has 1 saturated heterocycles. The molecule has 9 aromatic heterocycles. The number of benzene rings is 4. The average molecular weight is 1870 g/mol. The number of nitrogens with zero attached hydrogens (tertiary/aromatic N) is 6. The SMILES string of the molecule is CCc1cccc2nc(-c3c(CC(=O)CCCCCOC)sc4c3CCNC4)sc12.COCCCCCC(=O)Cc1sc2c(c1-c1nc3c(-n4cnc(C)c4)cccc3s1)CCNC2.COCCCCCC(=O)Cc1sc2c(c1-c1nc3c(CO)cccc3s1)CCNC2.COCCCCCC(=O)Cc1sc2c(c1-c1nc3c(NC4COC4)cccc3s1)CCNC2. The van der Waals surface area contributed by atoms with Gasteiger partial charge in [-0.1, -0.05) is 69.0 Å². The fourth-order valence-electron chi connectivity index (χ4n) is 17.3. The van der Waals surface area contributed by atoms with E-state index in [0.29, 0.717) is 80.5 Å². The molecule has 0 saturated carbocycles.